The van der Waals surface area contributed by atoms with Crippen molar-refractivity contribution in [1.29, 1.82) is 0 Å². The highest BCUT2D eigenvalue weighted by Gasteiger charge is 2.59. The number of rotatable bonds is 5. The number of aliphatic hydroxyl groups excluding tert-OH is 9. The van der Waals surface area contributed by atoms with Crippen molar-refractivity contribution < 1.29 is 92.8 Å². The molecule has 76 heavy (non-hydrogen) atoms. The molecule has 1 unspecified atom stereocenters. The summed E-state index contributed by atoms with van der Waals surface area (Å²) in [7, 11) is -3.85. The first-order chi connectivity index (χ1) is 35.7. The van der Waals surface area contributed by atoms with Gasteiger partial charge in [0, 0.05) is 43.8 Å². The number of esters is 1. The fourth-order valence-electron chi connectivity index (χ4n) is 9.13. The number of carbonyl (C=O) groups excluding carboxylic acids is 3. The number of ether oxygens (including phenoxy) is 4. The number of sulfone groups is 1. The molecule has 1 aliphatic carbocycles. The number of hydrazine groups is 1. The zero-order chi connectivity index (χ0) is 56.5. The lowest BCUT2D eigenvalue weighted by Crippen LogP contribution is -2.64. The zero-order valence-corrected chi connectivity index (χ0v) is 44.5. The first-order valence-electron chi connectivity index (χ1n) is 25.7. The highest BCUT2D eigenvalue weighted by molar-refractivity contribution is 7.93. The van der Waals surface area contributed by atoms with Crippen LogP contribution in [0.4, 0.5) is 4.79 Å². The van der Waals surface area contributed by atoms with E-state index in [2.05, 4.69) is 16.2 Å². The Labute approximate surface area is 444 Å². The van der Waals surface area contributed by atoms with Gasteiger partial charge in [-0.15, -0.1) is 0 Å². The van der Waals surface area contributed by atoms with Crippen LogP contribution in [0.1, 0.15) is 91.9 Å². The maximum atomic E-state index is 13.3. The third-order valence-electron chi connectivity index (χ3n) is 14.2. The maximum Gasteiger partial charge on any atom is 0.333 e. The summed E-state index contributed by atoms with van der Waals surface area (Å²) in [5.74, 6) is -4.90. The molecular weight excluding hydrogens is 1020 g/mol. The molecule has 0 aromatic rings. The number of amides is 3. The Hall–Kier alpha value is -4.22. The quantitative estimate of drug-likeness (QED) is 0.119. The monoisotopic (exact) mass is 1100 g/mol. The van der Waals surface area contributed by atoms with Crippen LogP contribution in [0.5, 0.6) is 0 Å². The lowest BCUT2D eigenvalue weighted by atomic mass is 9.87. The number of urea groups is 1. The van der Waals surface area contributed by atoms with E-state index < -0.39 is 168 Å². The molecule has 0 aromatic heterocycles. The van der Waals surface area contributed by atoms with Gasteiger partial charge in [-0.25, -0.2) is 18.6 Å². The van der Waals surface area contributed by atoms with E-state index in [0.29, 0.717) is 0 Å². The second kappa shape index (κ2) is 29.7. The largest absolute Gasteiger partial charge is 0.462 e. The number of hydrogen-bond donors (Lipinski definition) is 14. The third kappa shape index (κ3) is 19.6. The van der Waals surface area contributed by atoms with Crippen molar-refractivity contribution in [3.8, 4) is 0 Å². The highest BCUT2D eigenvalue weighted by atomic mass is 32.2. The minimum Gasteiger partial charge on any atom is -0.462 e. The van der Waals surface area contributed by atoms with Crippen molar-refractivity contribution in [3.63, 3.8) is 0 Å². The van der Waals surface area contributed by atoms with Crippen LogP contribution >= 0.6 is 0 Å². The molecule has 15 N–H and O–H groups in total. The molecule has 24 heteroatoms. The van der Waals surface area contributed by atoms with E-state index in [-0.39, 0.29) is 44.4 Å². The lowest BCUT2D eigenvalue weighted by Gasteiger charge is -2.46. The van der Waals surface area contributed by atoms with E-state index in [1.54, 1.807) is 86.8 Å². The van der Waals surface area contributed by atoms with Crippen molar-refractivity contribution in [2.75, 3.05) is 6.26 Å². The van der Waals surface area contributed by atoms with Gasteiger partial charge in [-0.2, -0.15) is 0 Å². The van der Waals surface area contributed by atoms with Crippen molar-refractivity contribution in [3.05, 3.63) is 85.1 Å². The molecule has 3 aliphatic heterocycles. The molecule has 3 heterocycles. The maximum absolute atomic E-state index is 13.3. The SMILES string of the molecule is C[C@@H]1[C@H](O)[C@@H](C)/C=C/C=C/C=C/C=C/C=C/C=C/C=C/[C@H](O[C@@H]2O[C@H](C)[C@@H](O)[C@H](N)[C@@H]2O)C[C@@H]2O[C@](O)(C[C@@H](O)C[C@@H](O)[C@H](O)CC[C@@H](O)CC(O)CC(=O)O[C@H]1C)C[C@H](O)[C@H]2NC(=O)NNC(=O)C1(S(C)(=O)=O)CC1. The van der Waals surface area contributed by atoms with Gasteiger partial charge in [0.05, 0.1) is 85.6 Å². The molecule has 4 rings (SSSR count). The van der Waals surface area contributed by atoms with Crippen LogP contribution in [-0.2, 0) is 38.4 Å². The smallest absolute Gasteiger partial charge is 0.333 e. The number of fused-ring (bicyclic) bond motifs is 2. The summed E-state index contributed by atoms with van der Waals surface area (Å²) in [4.78, 5) is 38.9. The Morgan fingerprint density at radius 3 is 1.84 bits per heavy atom. The van der Waals surface area contributed by atoms with Crippen LogP contribution in [0.15, 0.2) is 85.1 Å². The van der Waals surface area contributed by atoms with Gasteiger partial charge in [0.25, 0.3) is 5.91 Å². The summed E-state index contributed by atoms with van der Waals surface area (Å²) >= 11 is 0. The summed E-state index contributed by atoms with van der Waals surface area (Å²) in [5.41, 5.74) is 10.3. The van der Waals surface area contributed by atoms with Gasteiger partial charge in [0.15, 0.2) is 26.7 Å². The van der Waals surface area contributed by atoms with E-state index in [4.69, 9.17) is 24.7 Å². The van der Waals surface area contributed by atoms with E-state index in [1.165, 1.54) is 13.0 Å². The fraction of sp³-hybridized carbons (Fsp3) is 0.673. The summed E-state index contributed by atoms with van der Waals surface area (Å²) in [6.07, 6.45) is 3.49. The molecule has 4 aliphatic rings. The summed E-state index contributed by atoms with van der Waals surface area (Å²) in [5, 5.41) is 113. The molecule has 0 radical (unpaired) electrons. The molecule has 3 amide bonds. The standard InChI is InChI=1S/C52H82N4O19S/c1-30-18-16-14-12-10-8-6-7-9-11-13-15-17-19-37(74-48-47(66)43(53)46(65)33(4)73-48)27-41-44(54-50(68)56-55-49(67)51(22-23-51)76(5,70)71)40(62)29-52(69,75-41)28-36(59)25-39(61)38(60)21-20-34(57)24-35(58)26-42(63)72-32(3)31(2)45(30)64/h6-19,30-41,43-48,57-62,64-66,69H,20-29,53H2,1-5H3,(H,55,67)(H2,54,56,68)/b7-6+,10-8+,11-9+,14-12+,15-13+,18-16+,19-17+/t30-,31-,32-,33+,34+,35?,36-,37-,38+,39+,40-,41-,43-,44+,45+,46+,47-,48-,52+/m0/s1. The van der Waals surface area contributed by atoms with Crippen molar-refractivity contribution >= 4 is 27.7 Å². The summed E-state index contributed by atoms with van der Waals surface area (Å²) < 4.78 is 46.5. The van der Waals surface area contributed by atoms with Gasteiger partial charge in [0.2, 0.25) is 0 Å². The number of nitrogens with one attached hydrogen (secondary N) is 3. The molecule has 0 aromatic carbocycles. The number of cyclic esters (lactones) is 1. The third-order valence-corrected chi connectivity index (χ3v) is 16.2. The molecule has 1 saturated carbocycles. The Kier molecular flexibility index (Phi) is 25.1. The molecule has 23 nitrogen and oxygen atoms in total. The Morgan fingerprint density at radius 1 is 0.684 bits per heavy atom. The van der Waals surface area contributed by atoms with Gasteiger partial charge in [-0.3, -0.25) is 15.0 Å². The van der Waals surface area contributed by atoms with Crippen LogP contribution in [0.3, 0.4) is 0 Å². The normalized spacial score (nSPS) is 42.1. The van der Waals surface area contributed by atoms with E-state index in [0.717, 1.165) is 6.26 Å². The van der Waals surface area contributed by atoms with Crippen LogP contribution in [0.2, 0.25) is 0 Å². The average molecular weight is 1100 g/mol. The number of carbonyl (C=O) groups is 3. The van der Waals surface area contributed by atoms with Crippen LogP contribution in [0.25, 0.3) is 0 Å². The van der Waals surface area contributed by atoms with E-state index in [1.807, 2.05) is 13.0 Å². The Balaban J connectivity index is 1.61. The first kappa shape index (κ1) is 64.3. The van der Waals surface area contributed by atoms with Gasteiger partial charge in [-0.05, 0) is 46.0 Å². The van der Waals surface area contributed by atoms with Gasteiger partial charge in [-0.1, -0.05) is 98.9 Å². The van der Waals surface area contributed by atoms with Crippen LogP contribution < -0.4 is 21.9 Å². The summed E-state index contributed by atoms with van der Waals surface area (Å²) in [6.45, 7) is 6.70. The van der Waals surface area contributed by atoms with Crippen molar-refractivity contribution in [2.45, 2.75) is 200 Å². The minimum absolute atomic E-state index is 0.0355. The Morgan fingerprint density at radius 2 is 1.26 bits per heavy atom. The number of hydrogen-bond acceptors (Lipinski definition) is 20. The average Bonchev–Trinajstić information content (AvgIpc) is 4.17. The minimum atomic E-state index is -3.85. The first-order valence-corrected chi connectivity index (χ1v) is 27.6. The van der Waals surface area contributed by atoms with Gasteiger partial charge >= 0.3 is 12.0 Å². The van der Waals surface area contributed by atoms with Crippen LogP contribution in [0, 0.1) is 11.8 Å². The molecule has 2 saturated heterocycles. The second-order valence-corrected chi connectivity index (χ2v) is 22.9. The van der Waals surface area contributed by atoms with Gasteiger partial charge < -0.3 is 81.1 Å². The molecule has 0 spiro atoms. The number of nitrogens with two attached hydrogens (primary N) is 1. The predicted octanol–water partition coefficient (Wildman–Crippen LogP) is -0.713. The van der Waals surface area contributed by atoms with E-state index >= 15 is 0 Å². The molecule has 19 atom stereocenters. The van der Waals surface area contributed by atoms with Gasteiger partial charge in [0.1, 0.15) is 12.2 Å². The molecule has 430 valence electrons. The second-order valence-electron chi connectivity index (χ2n) is 20.5. The van der Waals surface area contributed by atoms with E-state index in [9.17, 15) is 73.9 Å². The topological polar surface area (TPSA) is 387 Å². The lowest BCUT2D eigenvalue weighted by molar-refractivity contribution is -0.303. The van der Waals surface area contributed by atoms with Crippen molar-refractivity contribution in [1.82, 2.24) is 16.2 Å². The van der Waals surface area contributed by atoms with Crippen LogP contribution in [-0.4, -0.2) is 192 Å². The number of allylic oxidation sites excluding steroid dienone is 12. The summed E-state index contributed by atoms with van der Waals surface area (Å²) in [6, 6.07) is -3.75. The fourth-order valence-corrected chi connectivity index (χ4v) is 10.4. The highest BCUT2D eigenvalue weighted by Crippen LogP contribution is 2.43. The molecule has 2 bridgehead atoms. The molecule has 3 fully saturated rings. The molecular formula is C52H82N4O19S. The van der Waals surface area contributed by atoms with Crippen molar-refractivity contribution in [2.24, 2.45) is 17.6 Å². The Bertz CT molecular complexity index is 2200. The zero-order valence-electron chi connectivity index (χ0n) is 43.7. The predicted molar refractivity (Wildman–Crippen MR) is 276 cm³/mol. The number of aliphatic hydroxyl groups is 10.